The van der Waals surface area contributed by atoms with Gasteiger partial charge in [-0.1, -0.05) is 29.7 Å². The molecule has 0 heterocycles. The van der Waals surface area contributed by atoms with Crippen LogP contribution < -0.4 is 10.8 Å². The maximum Gasteiger partial charge on any atom is 0.113 e. The van der Waals surface area contributed by atoms with Gasteiger partial charge in [0.15, 0.2) is 0 Å². The summed E-state index contributed by atoms with van der Waals surface area (Å²) < 4.78 is 11.5. The highest BCUT2D eigenvalue weighted by atomic mass is 31.2. The van der Waals surface area contributed by atoms with Gasteiger partial charge in [-0.15, -0.1) is 0 Å². The second-order valence-electron chi connectivity index (χ2n) is 2.94. The highest BCUT2D eigenvalue weighted by Gasteiger charge is 2.08. The van der Waals surface area contributed by atoms with Gasteiger partial charge in [0.25, 0.3) is 0 Å². The third-order valence-electron chi connectivity index (χ3n) is 1.51. The van der Waals surface area contributed by atoms with E-state index in [4.69, 9.17) is 7.85 Å². The molecule has 1 rings (SSSR count). The Morgan fingerprint density at radius 2 is 1.64 bits per heavy atom. The minimum absolute atomic E-state index is 0.710. The van der Waals surface area contributed by atoms with Crippen LogP contribution in [-0.2, 0) is 4.57 Å². The Bertz CT molecular complexity index is 285. The summed E-state index contributed by atoms with van der Waals surface area (Å²) in [6, 6.07) is 7.18. The van der Waals surface area contributed by atoms with E-state index in [-0.39, 0.29) is 0 Å². The summed E-state index contributed by atoms with van der Waals surface area (Å²) in [4.78, 5) is 0. The SMILES string of the molecule is [B]c1ccc(P(C)(C)=O)cc1. The average molecular weight is 164 g/mol. The number of rotatable bonds is 1. The molecule has 0 aliphatic heterocycles. The molecule has 1 aromatic carbocycles. The van der Waals surface area contributed by atoms with Crippen molar-refractivity contribution in [2.75, 3.05) is 13.3 Å². The third kappa shape index (κ3) is 2.23. The van der Waals surface area contributed by atoms with E-state index >= 15 is 0 Å². The number of benzene rings is 1. The second-order valence-corrected chi connectivity index (χ2v) is 6.16. The van der Waals surface area contributed by atoms with Crippen molar-refractivity contribution in [2.45, 2.75) is 0 Å². The maximum absolute atomic E-state index is 11.5. The molecule has 0 aliphatic rings. The molecule has 11 heavy (non-hydrogen) atoms. The van der Waals surface area contributed by atoms with E-state index < -0.39 is 7.14 Å². The topological polar surface area (TPSA) is 17.1 Å². The van der Waals surface area contributed by atoms with Crippen LogP contribution in [0, 0.1) is 0 Å². The van der Waals surface area contributed by atoms with Gasteiger partial charge in [0.1, 0.15) is 15.0 Å². The summed E-state index contributed by atoms with van der Waals surface area (Å²) in [5, 5.41) is 0.881. The summed E-state index contributed by atoms with van der Waals surface area (Å²) in [5.41, 5.74) is 0.710. The third-order valence-corrected chi connectivity index (χ3v) is 3.06. The lowest BCUT2D eigenvalue weighted by atomic mass is 9.97. The largest absolute Gasteiger partial charge is 0.319 e. The second kappa shape index (κ2) is 2.87. The van der Waals surface area contributed by atoms with Gasteiger partial charge in [-0.2, -0.15) is 0 Å². The average Bonchev–Trinajstić information content (AvgIpc) is 1.86. The lowest BCUT2D eigenvalue weighted by Gasteiger charge is -2.05. The Kier molecular flexibility index (Phi) is 2.24. The summed E-state index contributed by atoms with van der Waals surface area (Å²) in [7, 11) is 3.39. The van der Waals surface area contributed by atoms with Gasteiger partial charge in [-0.3, -0.25) is 0 Å². The summed E-state index contributed by atoms with van der Waals surface area (Å²) >= 11 is 0. The number of hydrogen-bond donors (Lipinski definition) is 0. The zero-order chi connectivity index (χ0) is 8.48. The van der Waals surface area contributed by atoms with Crippen LogP contribution in [0.1, 0.15) is 0 Å². The molecule has 0 atom stereocenters. The fourth-order valence-corrected chi connectivity index (χ4v) is 1.70. The number of hydrogen-bond acceptors (Lipinski definition) is 1. The monoisotopic (exact) mass is 164 g/mol. The molecule has 0 aromatic heterocycles. The van der Waals surface area contributed by atoms with E-state index in [1.165, 1.54) is 0 Å². The standard InChI is InChI=1S/C8H10BOP/c1-11(2,10)8-5-3-7(9)4-6-8/h3-6H,1-2H3. The minimum atomic E-state index is -2.09. The Morgan fingerprint density at radius 1 is 1.18 bits per heavy atom. The zero-order valence-electron chi connectivity index (χ0n) is 6.74. The van der Waals surface area contributed by atoms with E-state index in [1.807, 2.05) is 12.1 Å². The van der Waals surface area contributed by atoms with E-state index in [0.717, 1.165) is 5.30 Å². The normalized spacial score (nSPS) is 11.5. The van der Waals surface area contributed by atoms with E-state index in [0.29, 0.717) is 5.46 Å². The summed E-state index contributed by atoms with van der Waals surface area (Å²) in [6.45, 7) is 3.50. The van der Waals surface area contributed by atoms with E-state index in [2.05, 4.69) is 0 Å². The van der Waals surface area contributed by atoms with Crippen molar-refractivity contribution < 1.29 is 4.57 Å². The Labute approximate surface area is 68.6 Å². The molecule has 0 saturated heterocycles. The van der Waals surface area contributed by atoms with Gasteiger partial charge in [0, 0.05) is 5.30 Å². The molecule has 0 amide bonds. The van der Waals surface area contributed by atoms with Crippen LogP contribution in [0.5, 0.6) is 0 Å². The lowest BCUT2D eigenvalue weighted by Crippen LogP contribution is -2.08. The van der Waals surface area contributed by atoms with Gasteiger partial charge in [-0.25, -0.2) is 0 Å². The summed E-state index contributed by atoms with van der Waals surface area (Å²) in [5.74, 6) is 0. The molecule has 0 saturated carbocycles. The van der Waals surface area contributed by atoms with Crippen molar-refractivity contribution >= 4 is 25.8 Å². The fourth-order valence-electron chi connectivity index (χ4n) is 0.833. The predicted octanol–water partition coefficient (Wildman–Crippen LogP) is 0.728. The quantitative estimate of drug-likeness (QED) is 0.441. The minimum Gasteiger partial charge on any atom is -0.319 e. The first-order valence-corrected chi connectivity index (χ1v) is 6.01. The summed E-state index contributed by atoms with van der Waals surface area (Å²) in [6.07, 6.45) is 0. The Hall–Kier alpha value is -0.485. The van der Waals surface area contributed by atoms with E-state index in [1.54, 1.807) is 25.5 Å². The predicted molar refractivity (Wildman–Crippen MR) is 50.9 cm³/mol. The van der Waals surface area contributed by atoms with Crippen molar-refractivity contribution in [1.29, 1.82) is 0 Å². The molecule has 0 N–H and O–H groups in total. The Morgan fingerprint density at radius 3 is 2.00 bits per heavy atom. The zero-order valence-corrected chi connectivity index (χ0v) is 7.64. The first kappa shape index (κ1) is 8.61. The molecule has 1 nitrogen and oxygen atoms in total. The van der Waals surface area contributed by atoms with Crippen LogP contribution in [0.2, 0.25) is 0 Å². The van der Waals surface area contributed by atoms with Crippen molar-refractivity contribution in [2.24, 2.45) is 0 Å². The van der Waals surface area contributed by atoms with Crippen molar-refractivity contribution in [3.8, 4) is 0 Å². The highest BCUT2D eigenvalue weighted by molar-refractivity contribution is 7.70. The molecule has 0 bridgehead atoms. The maximum atomic E-state index is 11.5. The highest BCUT2D eigenvalue weighted by Crippen LogP contribution is 2.33. The van der Waals surface area contributed by atoms with Crippen molar-refractivity contribution in [3.63, 3.8) is 0 Å². The molecule has 1 aromatic rings. The molecule has 0 fully saturated rings. The van der Waals surface area contributed by atoms with Crippen LogP contribution in [0.15, 0.2) is 24.3 Å². The Balaban J connectivity index is 3.09. The van der Waals surface area contributed by atoms with E-state index in [9.17, 15) is 4.57 Å². The van der Waals surface area contributed by atoms with Crippen LogP contribution >= 0.6 is 7.14 Å². The molecule has 0 aliphatic carbocycles. The van der Waals surface area contributed by atoms with Gasteiger partial charge in [0.05, 0.1) is 0 Å². The van der Waals surface area contributed by atoms with Crippen LogP contribution in [0.3, 0.4) is 0 Å². The molecule has 3 heteroatoms. The van der Waals surface area contributed by atoms with Gasteiger partial charge < -0.3 is 4.57 Å². The molecule has 56 valence electrons. The smallest absolute Gasteiger partial charge is 0.113 e. The van der Waals surface area contributed by atoms with Crippen LogP contribution in [0.4, 0.5) is 0 Å². The fraction of sp³-hybridized carbons (Fsp3) is 0.250. The van der Waals surface area contributed by atoms with Crippen molar-refractivity contribution in [3.05, 3.63) is 24.3 Å². The van der Waals surface area contributed by atoms with Gasteiger partial charge in [0.2, 0.25) is 0 Å². The van der Waals surface area contributed by atoms with Crippen LogP contribution in [0.25, 0.3) is 0 Å². The van der Waals surface area contributed by atoms with Crippen LogP contribution in [-0.4, -0.2) is 21.2 Å². The molecule has 2 radical (unpaired) electrons. The van der Waals surface area contributed by atoms with Gasteiger partial charge >= 0.3 is 0 Å². The molecule has 0 unspecified atom stereocenters. The van der Waals surface area contributed by atoms with Crippen molar-refractivity contribution in [1.82, 2.24) is 0 Å². The van der Waals surface area contributed by atoms with Gasteiger partial charge in [-0.05, 0) is 13.3 Å². The first-order chi connectivity index (χ1) is 5.00. The molecular weight excluding hydrogens is 154 g/mol. The molecule has 0 spiro atoms. The first-order valence-electron chi connectivity index (χ1n) is 3.41. The lowest BCUT2D eigenvalue weighted by molar-refractivity contribution is 0.588. The molecular formula is C8H10BOP.